The van der Waals surface area contributed by atoms with Crippen LogP contribution < -0.4 is 4.90 Å². The van der Waals surface area contributed by atoms with Gasteiger partial charge in [-0.2, -0.15) is 0 Å². The molecule has 0 saturated carbocycles. The van der Waals surface area contributed by atoms with Crippen LogP contribution in [0.3, 0.4) is 0 Å². The van der Waals surface area contributed by atoms with Gasteiger partial charge in [0.25, 0.3) is 5.69 Å². The second-order valence-corrected chi connectivity index (χ2v) is 3.74. The van der Waals surface area contributed by atoms with Crippen molar-refractivity contribution in [3.63, 3.8) is 0 Å². The summed E-state index contributed by atoms with van der Waals surface area (Å²) in [5, 5.41) is 10.7. The number of rotatable bonds is 1. The molecule has 6 nitrogen and oxygen atoms in total. The number of hydrogen-bond acceptors (Lipinski definition) is 5. The molecule has 0 saturated heterocycles. The Hall–Kier alpha value is -2.50. The van der Waals surface area contributed by atoms with Crippen LogP contribution >= 0.6 is 0 Å². The zero-order valence-electron chi connectivity index (χ0n) is 8.78. The Labute approximate surface area is 96.8 Å². The molecule has 17 heavy (non-hydrogen) atoms. The van der Waals surface area contributed by atoms with Gasteiger partial charge in [0.05, 0.1) is 34.8 Å². The molecule has 0 aliphatic carbocycles. The van der Waals surface area contributed by atoms with Gasteiger partial charge in [0.1, 0.15) is 0 Å². The van der Waals surface area contributed by atoms with Crippen LogP contribution in [-0.2, 0) is 0 Å². The largest absolute Gasteiger partial charge is 0.339 e. The predicted molar refractivity (Wildman–Crippen MR) is 65.2 cm³/mol. The van der Waals surface area contributed by atoms with Gasteiger partial charge in [0.2, 0.25) is 0 Å². The van der Waals surface area contributed by atoms with Crippen LogP contribution in [0.5, 0.6) is 0 Å². The van der Waals surface area contributed by atoms with E-state index in [-0.39, 0.29) is 5.69 Å². The van der Waals surface area contributed by atoms with Crippen molar-refractivity contribution in [3.05, 3.63) is 40.7 Å². The van der Waals surface area contributed by atoms with Crippen LogP contribution in [0.15, 0.2) is 40.6 Å². The minimum absolute atomic E-state index is 0.0499. The quantitative estimate of drug-likeness (QED) is 0.545. The molecule has 0 atom stereocenters. The lowest BCUT2D eigenvalue weighted by molar-refractivity contribution is -0.384. The van der Waals surface area contributed by atoms with Crippen molar-refractivity contribution >= 4 is 29.0 Å². The summed E-state index contributed by atoms with van der Waals surface area (Å²) in [4.78, 5) is 20.6. The molecule has 0 spiro atoms. The third-order valence-electron chi connectivity index (χ3n) is 2.63. The minimum atomic E-state index is -0.419. The summed E-state index contributed by atoms with van der Waals surface area (Å²) < 4.78 is 0. The highest BCUT2D eigenvalue weighted by atomic mass is 16.6. The average Bonchev–Trinajstić information content (AvgIpc) is 2.51. The maximum atomic E-state index is 10.7. The Morgan fingerprint density at radius 2 is 2.29 bits per heavy atom. The zero-order valence-corrected chi connectivity index (χ0v) is 8.78. The van der Waals surface area contributed by atoms with Gasteiger partial charge in [-0.25, -0.2) is 4.99 Å². The first kappa shape index (κ1) is 9.71. The van der Waals surface area contributed by atoms with Crippen molar-refractivity contribution in [2.75, 3.05) is 11.4 Å². The second kappa shape index (κ2) is 3.51. The van der Waals surface area contributed by atoms with Crippen molar-refractivity contribution in [2.45, 2.75) is 0 Å². The van der Waals surface area contributed by atoms with Crippen LogP contribution in [0.1, 0.15) is 0 Å². The number of aliphatic imine (C=N–C) groups is 2. The summed E-state index contributed by atoms with van der Waals surface area (Å²) in [6, 6.07) is 4.68. The fourth-order valence-corrected chi connectivity index (χ4v) is 1.86. The highest BCUT2D eigenvalue weighted by molar-refractivity contribution is 6.34. The Morgan fingerprint density at radius 1 is 1.41 bits per heavy atom. The molecule has 0 aromatic heterocycles. The Balaban J connectivity index is 2.17. The Kier molecular flexibility index (Phi) is 2.01. The summed E-state index contributed by atoms with van der Waals surface area (Å²) in [6.07, 6.45) is 5.18. The predicted octanol–water partition coefficient (Wildman–Crippen LogP) is 2.04. The molecule has 2 heterocycles. The van der Waals surface area contributed by atoms with Crippen molar-refractivity contribution in [3.8, 4) is 0 Å². The Bertz CT molecular complexity index is 589. The van der Waals surface area contributed by atoms with Crippen LogP contribution in [0.25, 0.3) is 0 Å². The molecule has 1 aromatic carbocycles. The molecule has 0 radical (unpaired) electrons. The minimum Gasteiger partial charge on any atom is -0.339 e. The van der Waals surface area contributed by atoms with Gasteiger partial charge in [-0.05, 0) is 6.07 Å². The summed E-state index contributed by atoms with van der Waals surface area (Å²) in [5.74, 6) is 0. The number of nitro benzene ring substituents is 1. The SMILES string of the molecule is O=[N+]([O-])c1ccc2c(c1)N=C1C=NC=CN2C1. The number of nitrogens with zero attached hydrogens (tertiary/aromatic N) is 4. The van der Waals surface area contributed by atoms with Crippen molar-refractivity contribution in [1.82, 2.24) is 0 Å². The van der Waals surface area contributed by atoms with E-state index < -0.39 is 4.92 Å². The number of nitro groups is 1. The monoisotopic (exact) mass is 228 g/mol. The smallest absolute Gasteiger partial charge is 0.271 e. The molecule has 2 aliphatic heterocycles. The van der Waals surface area contributed by atoms with Crippen LogP contribution in [0, 0.1) is 10.1 Å². The molecule has 1 aromatic rings. The molecule has 6 heteroatoms. The number of hydrogen-bond donors (Lipinski definition) is 0. The third kappa shape index (κ3) is 1.59. The first-order valence-corrected chi connectivity index (χ1v) is 5.06. The normalized spacial score (nSPS) is 16.2. The second-order valence-electron chi connectivity index (χ2n) is 3.74. The molecule has 0 fully saturated rings. The molecule has 84 valence electrons. The first-order chi connectivity index (χ1) is 8.24. The molecule has 2 bridgehead atoms. The lowest BCUT2D eigenvalue weighted by Gasteiger charge is -2.24. The fourth-order valence-electron chi connectivity index (χ4n) is 1.86. The molecular weight excluding hydrogens is 220 g/mol. The van der Waals surface area contributed by atoms with Gasteiger partial charge in [-0.15, -0.1) is 0 Å². The van der Waals surface area contributed by atoms with E-state index in [1.807, 2.05) is 11.1 Å². The maximum Gasteiger partial charge on any atom is 0.271 e. The molecule has 0 N–H and O–H groups in total. The average molecular weight is 228 g/mol. The highest BCUT2D eigenvalue weighted by Gasteiger charge is 2.20. The molecule has 3 rings (SSSR count). The summed E-state index contributed by atoms with van der Waals surface area (Å²) >= 11 is 0. The zero-order chi connectivity index (χ0) is 11.8. The van der Waals surface area contributed by atoms with Gasteiger partial charge >= 0.3 is 0 Å². The molecular formula is C11H8N4O2. The van der Waals surface area contributed by atoms with E-state index in [1.165, 1.54) is 12.1 Å². The van der Waals surface area contributed by atoms with E-state index in [4.69, 9.17) is 0 Å². The van der Waals surface area contributed by atoms with E-state index in [2.05, 4.69) is 9.98 Å². The van der Waals surface area contributed by atoms with E-state index in [0.29, 0.717) is 12.2 Å². The van der Waals surface area contributed by atoms with Gasteiger partial charge in [0, 0.05) is 24.5 Å². The Morgan fingerprint density at radius 3 is 3.12 bits per heavy atom. The van der Waals surface area contributed by atoms with Crippen molar-refractivity contribution in [2.24, 2.45) is 9.98 Å². The topological polar surface area (TPSA) is 71.1 Å². The van der Waals surface area contributed by atoms with E-state index in [0.717, 1.165) is 11.4 Å². The third-order valence-corrected chi connectivity index (χ3v) is 2.63. The van der Waals surface area contributed by atoms with Gasteiger partial charge in [-0.1, -0.05) is 0 Å². The summed E-state index contributed by atoms with van der Waals surface area (Å²) in [6.45, 7) is 0.644. The lowest BCUT2D eigenvalue weighted by atomic mass is 10.1. The lowest BCUT2D eigenvalue weighted by Crippen LogP contribution is -2.27. The van der Waals surface area contributed by atoms with Crippen LogP contribution in [0.2, 0.25) is 0 Å². The van der Waals surface area contributed by atoms with E-state index >= 15 is 0 Å². The summed E-state index contributed by atoms with van der Waals surface area (Å²) in [5.41, 5.74) is 2.32. The van der Waals surface area contributed by atoms with E-state index in [1.54, 1.807) is 18.5 Å². The number of non-ortho nitro benzene ring substituents is 1. The van der Waals surface area contributed by atoms with Crippen molar-refractivity contribution in [1.29, 1.82) is 0 Å². The highest BCUT2D eigenvalue weighted by Crippen LogP contribution is 2.35. The van der Waals surface area contributed by atoms with Gasteiger partial charge < -0.3 is 4.90 Å². The number of anilines is 1. The number of benzene rings is 1. The van der Waals surface area contributed by atoms with Crippen LogP contribution in [0.4, 0.5) is 17.1 Å². The molecule has 0 unspecified atom stereocenters. The van der Waals surface area contributed by atoms with Crippen LogP contribution in [-0.4, -0.2) is 23.4 Å². The standard InChI is InChI=1S/C11H8N4O2/c16-15(17)9-1-2-11-10(5-9)13-8-6-12-3-4-14(11)7-8/h1-6H,7H2. The summed E-state index contributed by atoms with van der Waals surface area (Å²) in [7, 11) is 0. The van der Waals surface area contributed by atoms with Gasteiger partial charge in [-0.3, -0.25) is 15.1 Å². The van der Waals surface area contributed by atoms with Crippen molar-refractivity contribution < 1.29 is 4.92 Å². The van der Waals surface area contributed by atoms with Gasteiger partial charge in [0.15, 0.2) is 0 Å². The molecule has 0 amide bonds. The molecule has 2 aliphatic rings. The van der Waals surface area contributed by atoms with E-state index in [9.17, 15) is 10.1 Å². The number of fused-ring (bicyclic) bond motifs is 4. The maximum absolute atomic E-state index is 10.7. The first-order valence-electron chi connectivity index (χ1n) is 5.06. The fraction of sp³-hybridized carbons (Fsp3) is 0.0909.